The van der Waals surface area contributed by atoms with Gasteiger partial charge in [0, 0.05) is 16.6 Å². The second kappa shape index (κ2) is 2.41. The van der Waals surface area contributed by atoms with Crippen molar-refractivity contribution in [2.24, 2.45) is 0 Å². The van der Waals surface area contributed by atoms with E-state index in [1.165, 1.54) is 12.1 Å². The number of anilines is 1. The van der Waals surface area contributed by atoms with Crippen molar-refractivity contribution in [1.29, 1.82) is 0 Å². The molecule has 0 aromatic heterocycles. The highest BCUT2D eigenvalue weighted by atomic mass is 32.1. The average Bonchev–Trinajstić information content (AvgIpc) is 2.24. The first kappa shape index (κ1) is 8.43. The summed E-state index contributed by atoms with van der Waals surface area (Å²) in [5.74, 6) is -0.121. The molecule has 0 atom stereocenters. The topological polar surface area (TPSA) is 44.5 Å². The highest BCUT2D eigenvalue weighted by molar-refractivity contribution is 7.80. The normalized spacial score (nSPS) is 17.5. The Morgan fingerprint density at radius 3 is 2.38 bits per heavy atom. The quantitative estimate of drug-likeness (QED) is 0.502. The zero-order valence-electron chi connectivity index (χ0n) is 6.25. The summed E-state index contributed by atoms with van der Waals surface area (Å²) in [6, 6.07) is 2.53. The monoisotopic (exact) mass is 205 g/mol. The van der Waals surface area contributed by atoms with Crippen molar-refractivity contribution in [3.05, 3.63) is 12.1 Å². The molecule has 0 spiro atoms. The van der Waals surface area contributed by atoms with Crippen molar-refractivity contribution < 1.29 is 18.3 Å². The Balaban J connectivity index is 2.48. The summed E-state index contributed by atoms with van der Waals surface area (Å²) in [6.45, 7) is 0. The number of alkyl halides is 2. The van der Waals surface area contributed by atoms with E-state index in [-0.39, 0.29) is 17.2 Å². The highest BCUT2D eigenvalue weighted by Gasteiger charge is 2.43. The number of nitrogen functional groups attached to an aromatic ring is 1. The van der Waals surface area contributed by atoms with Gasteiger partial charge < -0.3 is 15.2 Å². The van der Waals surface area contributed by atoms with Crippen molar-refractivity contribution >= 4 is 18.3 Å². The fraction of sp³-hybridized carbons (Fsp3) is 0.143. The Labute approximate surface area is 77.8 Å². The average molecular weight is 205 g/mol. The third-order valence-corrected chi connectivity index (χ3v) is 1.94. The SMILES string of the molecule is Nc1cc2c(cc1S)OC(F)(F)O2. The van der Waals surface area contributed by atoms with Crippen LogP contribution in [0.4, 0.5) is 14.5 Å². The molecule has 0 unspecified atom stereocenters. The van der Waals surface area contributed by atoms with Gasteiger partial charge in [0.1, 0.15) is 0 Å². The number of thiol groups is 1. The second-order valence-corrected chi connectivity index (χ2v) is 3.01. The number of benzene rings is 1. The minimum absolute atomic E-state index is 0.0517. The van der Waals surface area contributed by atoms with E-state index in [9.17, 15) is 8.78 Å². The predicted octanol–water partition coefficient (Wildman–Crippen LogP) is 1.88. The lowest BCUT2D eigenvalue weighted by atomic mass is 10.3. The first-order chi connectivity index (χ1) is 5.98. The van der Waals surface area contributed by atoms with E-state index in [0.29, 0.717) is 4.90 Å². The van der Waals surface area contributed by atoms with Crippen LogP contribution in [0.1, 0.15) is 0 Å². The summed E-state index contributed by atoms with van der Waals surface area (Å²) in [5.41, 5.74) is 5.69. The molecule has 1 aliphatic heterocycles. The molecule has 0 bridgehead atoms. The lowest BCUT2D eigenvalue weighted by Gasteiger charge is -2.04. The van der Waals surface area contributed by atoms with Crippen molar-refractivity contribution in [3.63, 3.8) is 0 Å². The largest absolute Gasteiger partial charge is 0.586 e. The van der Waals surface area contributed by atoms with Gasteiger partial charge in [-0.05, 0) is 6.07 Å². The molecule has 3 nitrogen and oxygen atoms in total. The van der Waals surface area contributed by atoms with Gasteiger partial charge in [-0.1, -0.05) is 0 Å². The molecule has 0 radical (unpaired) electrons. The third-order valence-electron chi connectivity index (χ3n) is 1.55. The summed E-state index contributed by atoms with van der Waals surface area (Å²) >= 11 is 3.95. The van der Waals surface area contributed by atoms with Crippen molar-refractivity contribution in [2.75, 3.05) is 5.73 Å². The first-order valence-corrected chi connectivity index (χ1v) is 3.81. The molecule has 6 heteroatoms. The Hall–Kier alpha value is -1.17. The number of fused-ring (bicyclic) bond motifs is 1. The van der Waals surface area contributed by atoms with E-state index >= 15 is 0 Å². The fourth-order valence-corrected chi connectivity index (χ4v) is 1.18. The Morgan fingerprint density at radius 2 is 1.77 bits per heavy atom. The Kier molecular flexibility index (Phi) is 1.56. The van der Waals surface area contributed by atoms with Gasteiger partial charge in [0.05, 0.1) is 0 Å². The summed E-state index contributed by atoms with van der Waals surface area (Å²) in [7, 11) is 0. The number of rotatable bonds is 0. The molecule has 70 valence electrons. The molecule has 0 amide bonds. The number of halogens is 2. The maximum absolute atomic E-state index is 12.5. The molecule has 0 aliphatic carbocycles. The maximum atomic E-state index is 12.5. The molecule has 1 aromatic carbocycles. The van der Waals surface area contributed by atoms with Gasteiger partial charge in [0.15, 0.2) is 11.5 Å². The summed E-state index contributed by atoms with van der Waals surface area (Å²) in [4.78, 5) is 0.375. The Morgan fingerprint density at radius 1 is 1.23 bits per heavy atom. The number of ether oxygens (including phenoxy) is 2. The first-order valence-electron chi connectivity index (χ1n) is 3.36. The molecule has 0 saturated carbocycles. The highest BCUT2D eigenvalue weighted by Crippen LogP contribution is 2.43. The molecule has 0 saturated heterocycles. The van der Waals surface area contributed by atoms with Gasteiger partial charge in [0.25, 0.3) is 0 Å². The molecule has 0 fully saturated rings. The van der Waals surface area contributed by atoms with Gasteiger partial charge in [-0.3, -0.25) is 0 Å². The van der Waals surface area contributed by atoms with Crippen molar-refractivity contribution in [2.45, 2.75) is 11.2 Å². The maximum Gasteiger partial charge on any atom is 0.586 e. The predicted molar refractivity (Wildman–Crippen MR) is 44.3 cm³/mol. The second-order valence-electron chi connectivity index (χ2n) is 2.53. The minimum atomic E-state index is -3.60. The lowest BCUT2D eigenvalue weighted by Crippen LogP contribution is -2.25. The van der Waals surface area contributed by atoms with Crippen LogP contribution in [0.3, 0.4) is 0 Å². The van der Waals surface area contributed by atoms with Gasteiger partial charge in [-0.15, -0.1) is 21.4 Å². The van der Waals surface area contributed by atoms with Crippen LogP contribution in [0.2, 0.25) is 0 Å². The van der Waals surface area contributed by atoms with E-state index in [2.05, 4.69) is 22.1 Å². The van der Waals surface area contributed by atoms with Crippen LogP contribution in [0.5, 0.6) is 11.5 Å². The number of nitrogens with two attached hydrogens (primary N) is 1. The zero-order valence-corrected chi connectivity index (χ0v) is 7.15. The minimum Gasteiger partial charge on any atom is -0.398 e. The van der Waals surface area contributed by atoms with E-state index < -0.39 is 6.29 Å². The van der Waals surface area contributed by atoms with Crippen LogP contribution in [-0.4, -0.2) is 6.29 Å². The molecule has 13 heavy (non-hydrogen) atoms. The molecular weight excluding hydrogens is 200 g/mol. The van der Waals surface area contributed by atoms with Crippen LogP contribution in [0, 0.1) is 0 Å². The van der Waals surface area contributed by atoms with Crippen LogP contribution < -0.4 is 15.2 Å². The van der Waals surface area contributed by atoms with Gasteiger partial charge >= 0.3 is 6.29 Å². The standard InChI is InChI=1S/C7H5F2NO2S/c8-7(9)11-4-1-3(10)6(13)2-5(4)12-7/h1-2,13H,10H2. The van der Waals surface area contributed by atoms with E-state index in [1.54, 1.807) is 0 Å². The van der Waals surface area contributed by atoms with Crippen LogP contribution in [-0.2, 0) is 0 Å². The molecule has 1 aromatic rings. The Bertz CT molecular complexity index is 337. The molecule has 1 heterocycles. The van der Waals surface area contributed by atoms with E-state index in [0.717, 1.165) is 0 Å². The van der Waals surface area contributed by atoms with Crippen LogP contribution in [0.25, 0.3) is 0 Å². The lowest BCUT2D eigenvalue weighted by molar-refractivity contribution is -0.286. The van der Waals surface area contributed by atoms with Gasteiger partial charge in [-0.2, -0.15) is 0 Å². The van der Waals surface area contributed by atoms with Gasteiger partial charge in [0.2, 0.25) is 0 Å². The molecule has 2 rings (SSSR count). The van der Waals surface area contributed by atoms with Crippen molar-refractivity contribution in [3.8, 4) is 11.5 Å². The van der Waals surface area contributed by atoms with Crippen LogP contribution in [0.15, 0.2) is 17.0 Å². The van der Waals surface area contributed by atoms with Crippen LogP contribution >= 0.6 is 12.6 Å². The summed E-state index contributed by atoms with van der Waals surface area (Å²) in [6.07, 6.45) is -3.60. The van der Waals surface area contributed by atoms with E-state index in [1.807, 2.05) is 0 Å². The van der Waals surface area contributed by atoms with Crippen molar-refractivity contribution in [1.82, 2.24) is 0 Å². The van der Waals surface area contributed by atoms with E-state index in [4.69, 9.17) is 5.73 Å². The summed E-state index contributed by atoms with van der Waals surface area (Å²) < 4.78 is 33.3. The fourth-order valence-electron chi connectivity index (χ4n) is 1.00. The van der Waals surface area contributed by atoms with Gasteiger partial charge in [-0.25, -0.2) is 0 Å². The zero-order chi connectivity index (χ0) is 9.64. The smallest absolute Gasteiger partial charge is 0.398 e. The molecule has 2 N–H and O–H groups in total. The number of hydrogen-bond acceptors (Lipinski definition) is 4. The molecule has 1 aliphatic rings. The summed E-state index contributed by atoms with van der Waals surface area (Å²) in [5, 5.41) is 0. The number of hydrogen-bond donors (Lipinski definition) is 2. The molecular formula is C7H5F2NO2S. The third kappa shape index (κ3) is 1.37.